The maximum absolute atomic E-state index is 14.8. The van der Waals surface area contributed by atoms with Gasteiger partial charge in [0.1, 0.15) is 11.6 Å². The first-order chi connectivity index (χ1) is 21.8. The van der Waals surface area contributed by atoms with Crippen LogP contribution in [0, 0.1) is 11.6 Å². The average Bonchev–Trinajstić information content (AvgIpc) is 3.52. The zero-order chi connectivity index (χ0) is 30.8. The van der Waals surface area contributed by atoms with Gasteiger partial charge < -0.3 is 4.57 Å². The minimum Gasteiger partial charge on any atom is -0.308 e. The molecule has 0 radical (unpaired) electrons. The fourth-order valence-electron chi connectivity index (χ4n) is 8.70. The zero-order valence-electron chi connectivity index (χ0n) is 25.9. The topological polar surface area (TPSA) is 4.93 Å². The van der Waals surface area contributed by atoms with E-state index in [1.165, 1.54) is 66.9 Å². The largest absolute Gasteiger partial charge is 0.308 e. The lowest BCUT2D eigenvalue weighted by Crippen LogP contribution is -2.23. The molecule has 8 aromatic rings. The van der Waals surface area contributed by atoms with E-state index < -0.39 is 11.6 Å². The van der Waals surface area contributed by atoms with Gasteiger partial charge in [-0.05, 0) is 104 Å². The van der Waals surface area contributed by atoms with Gasteiger partial charge in [-0.1, -0.05) is 88.4 Å². The van der Waals surface area contributed by atoms with Crippen molar-refractivity contribution in [2.45, 2.75) is 51.9 Å². The van der Waals surface area contributed by atoms with E-state index in [0.29, 0.717) is 11.6 Å². The van der Waals surface area contributed by atoms with Crippen molar-refractivity contribution in [3.63, 3.8) is 0 Å². The summed E-state index contributed by atoms with van der Waals surface area (Å²) < 4.78 is 31.6. The number of halogens is 2. The van der Waals surface area contributed by atoms with Gasteiger partial charge in [0.05, 0.1) is 16.7 Å². The Bertz CT molecular complexity index is 2490. The molecule has 0 unspecified atom stereocenters. The fraction of sp³-hybridized carbons (Fsp3) is 0.190. The molecule has 3 heteroatoms. The quantitative estimate of drug-likeness (QED) is 0.180. The maximum Gasteiger partial charge on any atom is 0.128 e. The SMILES string of the molecule is CCC1(CC)c2ccccc2-c2c1cc1ccc3c4c(ccc2c14)cc1c2ccc(C(C)C)cc2n(-c2cc(F)cc(F)c2)c13. The van der Waals surface area contributed by atoms with E-state index in [-0.39, 0.29) is 5.41 Å². The van der Waals surface area contributed by atoms with E-state index in [9.17, 15) is 8.78 Å². The van der Waals surface area contributed by atoms with Gasteiger partial charge in [-0.25, -0.2) is 8.78 Å². The summed E-state index contributed by atoms with van der Waals surface area (Å²) in [6.07, 6.45) is 2.09. The van der Waals surface area contributed by atoms with Crippen molar-refractivity contribution in [3.05, 3.63) is 125 Å². The Morgan fingerprint density at radius 2 is 1.31 bits per heavy atom. The van der Waals surface area contributed by atoms with E-state index in [4.69, 9.17) is 0 Å². The van der Waals surface area contributed by atoms with Gasteiger partial charge in [-0.2, -0.15) is 0 Å². The van der Waals surface area contributed by atoms with Crippen molar-refractivity contribution in [3.8, 4) is 16.8 Å². The number of fused-ring (bicyclic) bond motifs is 8. The van der Waals surface area contributed by atoms with Crippen LogP contribution in [0.4, 0.5) is 8.78 Å². The molecule has 0 aliphatic heterocycles. The Hall–Kier alpha value is -4.76. The summed E-state index contributed by atoms with van der Waals surface area (Å²) in [5.74, 6) is -0.846. The number of hydrogen-bond acceptors (Lipinski definition) is 0. The van der Waals surface area contributed by atoms with E-state index >= 15 is 0 Å². The predicted molar refractivity (Wildman–Crippen MR) is 185 cm³/mol. The van der Waals surface area contributed by atoms with Crippen molar-refractivity contribution >= 4 is 54.1 Å². The molecular formula is C42H33F2N. The van der Waals surface area contributed by atoms with Gasteiger partial charge in [0.25, 0.3) is 0 Å². The van der Waals surface area contributed by atoms with Crippen molar-refractivity contribution in [2.75, 3.05) is 0 Å². The molecule has 45 heavy (non-hydrogen) atoms. The number of benzene rings is 7. The van der Waals surface area contributed by atoms with Crippen LogP contribution in [-0.4, -0.2) is 4.57 Å². The van der Waals surface area contributed by atoms with E-state index in [1.807, 2.05) is 0 Å². The van der Waals surface area contributed by atoms with Crippen LogP contribution >= 0.6 is 0 Å². The summed E-state index contributed by atoms with van der Waals surface area (Å²) in [5, 5.41) is 9.41. The van der Waals surface area contributed by atoms with Gasteiger partial charge in [0, 0.05) is 27.6 Å². The average molecular weight is 590 g/mol. The van der Waals surface area contributed by atoms with Crippen LogP contribution in [-0.2, 0) is 5.41 Å². The smallest absolute Gasteiger partial charge is 0.128 e. The molecule has 0 N–H and O–H groups in total. The molecule has 0 fully saturated rings. The summed E-state index contributed by atoms with van der Waals surface area (Å²) in [6, 6.07) is 33.1. The van der Waals surface area contributed by atoms with Crippen LogP contribution in [0.1, 0.15) is 63.1 Å². The standard InChI is InChI=1S/C42H33F2N/c1-5-42(6-2)35-10-8-7-9-31(35)40-32-15-12-25-17-34-30-14-11-24(23(3)4)19-37(30)45(29-21-27(43)20-28(44)22-29)41(34)33-16-13-26(18-36(40)42)38(32)39(25)33/h7-23H,5-6H2,1-4H3. The molecule has 1 aliphatic rings. The normalized spacial score (nSPS) is 14.1. The van der Waals surface area contributed by atoms with Crippen molar-refractivity contribution in [2.24, 2.45) is 0 Å². The van der Waals surface area contributed by atoms with Crippen LogP contribution in [0.3, 0.4) is 0 Å². The van der Waals surface area contributed by atoms with E-state index in [1.54, 1.807) is 0 Å². The highest BCUT2D eigenvalue weighted by Gasteiger charge is 2.41. The molecule has 1 heterocycles. The Morgan fingerprint density at radius 1 is 0.644 bits per heavy atom. The lowest BCUT2D eigenvalue weighted by Gasteiger charge is -2.30. The zero-order valence-corrected chi connectivity index (χ0v) is 25.9. The second-order valence-electron chi connectivity index (χ2n) is 13.2. The lowest BCUT2D eigenvalue weighted by atomic mass is 9.73. The second-order valence-corrected chi connectivity index (χ2v) is 13.2. The van der Waals surface area contributed by atoms with E-state index in [2.05, 4.69) is 111 Å². The molecule has 0 bridgehead atoms. The highest BCUT2D eigenvalue weighted by Crippen LogP contribution is 2.56. The molecule has 1 aromatic heterocycles. The number of rotatable bonds is 4. The van der Waals surface area contributed by atoms with Crippen molar-refractivity contribution < 1.29 is 8.78 Å². The summed E-state index contributed by atoms with van der Waals surface area (Å²) in [6.45, 7) is 8.98. The van der Waals surface area contributed by atoms with Crippen LogP contribution in [0.2, 0.25) is 0 Å². The molecule has 0 saturated heterocycles. The van der Waals surface area contributed by atoms with Crippen molar-refractivity contribution in [1.29, 1.82) is 0 Å². The molecule has 1 aliphatic carbocycles. The molecule has 0 amide bonds. The third-order valence-electron chi connectivity index (χ3n) is 10.9. The first-order valence-corrected chi connectivity index (χ1v) is 16.1. The summed E-state index contributed by atoms with van der Waals surface area (Å²) in [7, 11) is 0. The van der Waals surface area contributed by atoms with Gasteiger partial charge in [-0.15, -0.1) is 0 Å². The molecule has 0 saturated carbocycles. The van der Waals surface area contributed by atoms with Gasteiger partial charge in [-0.3, -0.25) is 0 Å². The highest BCUT2D eigenvalue weighted by molar-refractivity contribution is 6.33. The molecule has 0 spiro atoms. The Labute approximate surface area is 261 Å². The van der Waals surface area contributed by atoms with Crippen LogP contribution in [0.15, 0.2) is 97.1 Å². The number of nitrogens with zero attached hydrogens (tertiary/aromatic N) is 1. The predicted octanol–water partition coefficient (Wildman–Crippen LogP) is 12.2. The molecule has 0 atom stereocenters. The highest BCUT2D eigenvalue weighted by atomic mass is 19.1. The van der Waals surface area contributed by atoms with Crippen molar-refractivity contribution in [1.82, 2.24) is 4.57 Å². The first kappa shape index (κ1) is 26.6. The van der Waals surface area contributed by atoms with Crippen LogP contribution in [0.25, 0.3) is 70.9 Å². The van der Waals surface area contributed by atoms with Gasteiger partial charge in [0.15, 0.2) is 0 Å². The van der Waals surface area contributed by atoms with Gasteiger partial charge in [0.2, 0.25) is 0 Å². The molecule has 1 nitrogen and oxygen atoms in total. The minimum atomic E-state index is -0.581. The lowest BCUT2D eigenvalue weighted by molar-refractivity contribution is 0.491. The van der Waals surface area contributed by atoms with Crippen LogP contribution < -0.4 is 0 Å². The summed E-state index contributed by atoms with van der Waals surface area (Å²) in [5.41, 5.74) is 9.16. The third-order valence-corrected chi connectivity index (χ3v) is 10.9. The molecule has 220 valence electrons. The van der Waals surface area contributed by atoms with Gasteiger partial charge >= 0.3 is 0 Å². The molecule has 9 rings (SSSR count). The third kappa shape index (κ3) is 3.36. The number of aromatic nitrogens is 1. The maximum atomic E-state index is 14.8. The Morgan fingerprint density at radius 3 is 2.04 bits per heavy atom. The first-order valence-electron chi connectivity index (χ1n) is 16.1. The molecular weight excluding hydrogens is 556 g/mol. The van der Waals surface area contributed by atoms with Crippen LogP contribution in [0.5, 0.6) is 0 Å². The monoisotopic (exact) mass is 589 g/mol. The summed E-state index contributed by atoms with van der Waals surface area (Å²) >= 11 is 0. The Kier molecular flexibility index (Phi) is 5.41. The minimum absolute atomic E-state index is 0.00829. The summed E-state index contributed by atoms with van der Waals surface area (Å²) in [4.78, 5) is 0. The number of hydrogen-bond donors (Lipinski definition) is 0. The Balaban J connectivity index is 1.48. The second kappa shape index (κ2) is 9.14. The van der Waals surface area contributed by atoms with E-state index in [0.717, 1.165) is 46.1 Å². The molecule has 7 aromatic carbocycles. The fourth-order valence-corrected chi connectivity index (χ4v) is 8.70.